The summed E-state index contributed by atoms with van der Waals surface area (Å²) in [5.41, 5.74) is 1.06. The van der Waals surface area contributed by atoms with E-state index in [-0.39, 0.29) is 0 Å². The van der Waals surface area contributed by atoms with Gasteiger partial charge in [0, 0.05) is 19.1 Å². The van der Waals surface area contributed by atoms with Crippen LogP contribution in [-0.4, -0.2) is 39.1 Å². The van der Waals surface area contributed by atoms with Crippen LogP contribution >= 0.6 is 11.8 Å². The maximum absolute atomic E-state index is 12.1. The second kappa shape index (κ2) is 7.45. The highest BCUT2D eigenvalue weighted by Gasteiger charge is 2.15. The quantitative estimate of drug-likeness (QED) is 0.786. The van der Waals surface area contributed by atoms with Crippen molar-refractivity contribution in [2.45, 2.75) is 30.7 Å². The lowest BCUT2D eigenvalue weighted by Gasteiger charge is -2.22. The van der Waals surface area contributed by atoms with Crippen LogP contribution in [0.1, 0.15) is 18.4 Å². The third-order valence-electron chi connectivity index (χ3n) is 3.40. The van der Waals surface area contributed by atoms with Gasteiger partial charge in [-0.15, -0.1) is 0 Å². The summed E-state index contributed by atoms with van der Waals surface area (Å²) in [5.74, 6) is 2.40. The van der Waals surface area contributed by atoms with E-state index < -0.39 is 10.0 Å². The van der Waals surface area contributed by atoms with Crippen molar-refractivity contribution in [1.82, 2.24) is 10.0 Å². The summed E-state index contributed by atoms with van der Waals surface area (Å²) in [7, 11) is -3.37. The Morgan fingerprint density at radius 3 is 2.45 bits per heavy atom. The van der Waals surface area contributed by atoms with Crippen molar-refractivity contribution in [1.29, 1.82) is 0 Å². The molecule has 0 unspecified atom stereocenters. The Morgan fingerprint density at radius 2 is 1.80 bits per heavy atom. The van der Waals surface area contributed by atoms with E-state index in [9.17, 15) is 8.42 Å². The van der Waals surface area contributed by atoms with E-state index in [1.807, 2.05) is 30.8 Å². The zero-order chi connectivity index (χ0) is 14.4. The monoisotopic (exact) mass is 314 g/mol. The van der Waals surface area contributed by atoms with Crippen molar-refractivity contribution in [2.24, 2.45) is 0 Å². The average molecular weight is 314 g/mol. The van der Waals surface area contributed by atoms with E-state index in [4.69, 9.17) is 0 Å². The first-order valence-corrected chi connectivity index (χ1v) is 9.59. The van der Waals surface area contributed by atoms with Crippen LogP contribution in [0.15, 0.2) is 29.2 Å². The molecule has 0 saturated carbocycles. The largest absolute Gasteiger partial charge is 0.313 e. The number of rotatable bonds is 6. The van der Waals surface area contributed by atoms with Crippen LogP contribution < -0.4 is 10.0 Å². The standard InChI is InChI=1S/C14H22N2O2S2/c1-12-2-4-14(5-3-12)20(17,18)16-9-8-15-13-6-10-19-11-7-13/h2-5,13,15-16H,6-11H2,1H3. The van der Waals surface area contributed by atoms with Gasteiger partial charge in [0.2, 0.25) is 10.0 Å². The summed E-state index contributed by atoms with van der Waals surface area (Å²) in [6, 6.07) is 7.45. The van der Waals surface area contributed by atoms with E-state index in [1.165, 1.54) is 24.3 Å². The third kappa shape index (κ3) is 4.77. The van der Waals surface area contributed by atoms with E-state index in [2.05, 4.69) is 10.0 Å². The van der Waals surface area contributed by atoms with Crippen molar-refractivity contribution in [3.63, 3.8) is 0 Å². The molecule has 1 saturated heterocycles. The van der Waals surface area contributed by atoms with Gasteiger partial charge >= 0.3 is 0 Å². The van der Waals surface area contributed by atoms with Crippen LogP contribution in [0.3, 0.4) is 0 Å². The van der Waals surface area contributed by atoms with Crippen LogP contribution in [0.25, 0.3) is 0 Å². The van der Waals surface area contributed by atoms with E-state index in [0.717, 1.165) is 5.56 Å². The van der Waals surface area contributed by atoms with Crippen LogP contribution in [0.2, 0.25) is 0 Å². The molecule has 1 aliphatic rings. The highest BCUT2D eigenvalue weighted by Crippen LogP contribution is 2.16. The first-order chi connectivity index (χ1) is 9.58. The van der Waals surface area contributed by atoms with Crippen molar-refractivity contribution >= 4 is 21.8 Å². The van der Waals surface area contributed by atoms with Crippen LogP contribution in [0.5, 0.6) is 0 Å². The fraction of sp³-hybridized carbons (Fsp3) is 0.571. The topological polar surface area (TPSA) is 58.2 Å². The van der Waals surface area contributed by atoms with Crippen LogP contribution in [-0.2, 0) is 10.0 Å². The summed E-state index contributed by atoms with van der Waals surface area (Å²) >= 11 is 1.99. The zero-order valence-corrected chi connectivity index (χ0v) is 13.4. The Kier molecular flexibility index (Phi) is 5.89. The number of hydrogen-bond acceptors (Lipinski definition) is 4. The summed E-state index contributed by atoms with van der Waals surface area (Å²) in [4.78, 5) is 0.331. The number of benzene rings is 1. The van der Waals surface area contributed by atoms with E-state index in [0.29, 0.717) is 24.0 Å². The molecule has 1 heterocycles. The lowest BCUT2D eigenvalue weighted by molar-refractivity contribution is 0.483. The lowest BCUT2D eigenvalue weighted by atomic mass is 10.1. The second-order valence-corrected chi connectivity index (χ2v) is 8.04. The van der Waals surface area contributed by atoms with E-state index >= 15 is 0 Å². The van der Waals surface area contributed by atoms with Crippen molar-refractivity contribution < 1.29 is 8.42 Å². The SMILES string of the molecule is Cc1ccc(S(=O)(=O)NCCNC2CCSCC2)cc1. The van der Waals surface area contributed by atoms with Gasteiger partial charge in [-0.3, -0.25) is 0 Å². The molecule has 0 radical (unpaired) electrons. The number of sulfonamides is 1. The Balaban J connectivity index is 1.76. The third-order valence-corrected chi connectivity index (χ3v) is 5.93. The second-order valence-electron chi connectivity index (χ2n) is 5.05. The molecule has 112 valence electrons. The molecule has 1 fully saturated rings. The van der Waals surface area contributed by atoms with Gasteiger partial charge in [0.05, 0.1) is 4.90 Å². The van der Waals surface area contributed by atoms with Crippen LogP contribution in [0, 0.1) is 6.92 Å². The average Bonchev–Trinajstić information content (AvgIpc) is 2.45. The molecule has 1 aromatic rings. The lowest BCUT2D eigenvalue weighted by Crippen LogP contribution is -2.38. The minimum Gasteiger partial charge on any atom is -0.313 e. The number of hydrogen-bond donors (Lipinski definition) is 2. The molecule has 0 aromatic heterocycles. The Morgan fingerprint density at radius 1 is 1.15 bits per heavy atom. The molecular weight excluding hydrogens is 292 g/mol. The van der Waals surface area contributed by atoms with Gasteiger partial charge in [-0.25, -0.2) is 13.1 Å². The van der Waals surface area contributed by atoms with Crippen molar-refractivity contribution in [2.75, 3.05) is 24.6 Å². The summed E-state index contributed by atoms with van der Waals surface area (Å²) in [5, 5.41) is 3.41. The first kappa shape index (κ1) is 15.8. The molecule has 2 N–H and O–H groups in total. The number of aryl methyl sites for hydroxylation is 1. The molecule has 0 bridgehead atoms. The van der Waals surface area contributed by atoms with Crippen LogP contribution in [0.4, 0.5) is 0 Å². The summed E-state index contributed by atoms with van der Waals surface area (Å²) < 4.78 is 26.7. The van der Waals surface area contributed by atoms with Gasteiger partial charge in [0.25, 0.3) is 0 Å². The molecule has 0 atom stereocenters. The smallest absolute Gasteiger partial charge is 0.240 e. The minimum atomic E-state index is -3.37. The van der Waals surface area contributed by atoms with Crippen molar-refractivity contribution in [3.05, 3.63) is 29.8 Å². The molecule has 4 nitrogen and oxygen atoms in total. The van der Waals surface area contributed by atoms with Crippen molar-refractivity contribution in [3.8, 4) is 0 Å². The molecule has 6 heteroatoms. The van der Waals surface area contributed by atoms with Gasteiger partial charge in [-0.1, -0.05) is 17.7 Å². The highest BCUT2D eigenvalue weighted by molar-refractivity contribution is 7.99. The van der Waals surface area contributed by atoms with Gasteiger partial charge in [0.1, 0.15) is 0 Å². The summed E-state index contributed by atoms with van der Waals surface area (Å²) in [6.45, 7) is 3.05. The van der Waals surface area contributed by atoms with E-state index in [1.54, 1.807) is 12.1 Å². The van der Waals surface area contributed by atoms with Gasteiger partial charge in [-0.05, 0) is 43.4 Å². The number of thioether (sulfide) groups is 1. The predicted octanol–water partition coefficient (Wildman–Crippen LogP) is 1.76. The maximum atomic E-state index is 12.1. The van der Waals surface area contributed by atoms with Gasteiger partial charge in [-0.2, -0.15) is 11.8 Å². The molecule has 20 heavy (non-hydrogen) atoms. The molecule has 1 aliphatic heterocycles. The molecule has 0 aliphatic carbocycles. The Labute approximate surface area is 125 Å². The Hall–Kier alpha value is -0.560. The normalized spacial score (nSPS) is 17.2. The first-order valence-electron chi connectivity index (χ1n) is 6.95. The molecule has 0 spiro atoms. The highest BCUT2D eigenvalue weighted by atomic mass is 32.2. The van der Waals surface area contributed by atoms with Gasteiger partial charge in [0.15, 0.2) is 0 Å². The maximum Gasteiger partial charge on any atom is 0.240 e. The predicted molar refractivity (Wildman–Crippen MR) is 84.7 cm³/mol. The fourth-order valence-electron chi connectivity index (χ4n) is 2.16. The Bertz CT molecular complexity index is 508. The number of nitrogens with one attached hydrogen (secondary N) is 2. The molecule has 0 amide bonds. The fourth-order valence-corrected chi connectivity index (χ4v) is 4.30. The van der Waals surface area contributed by atoms with Gasteiger partial charge < -0.3 is 5.32 Å². The molecular formula is C14H22N2O2S2. The zero-order valence-electron chi connectivity index (χ0n) is 11.8. The summed E-state index contributed by atoms with van der Waals surface area (Å²) in [6.07, 6.45) is 2.35. The minimum absolute atomic E-state index is 0.331. The molecule has 2 rings (SSSR count). The molecule has 1 aromatic carbocycles.